The monoisotopic (exact) mass is 534 g/mol. The van der Waals surface area contributed by atoms with Gasteiger partial charge in [-0.25, -0.2) is 4.98 Å². The number of ether oxygens (including phenoxy) is 2. The van der Waals surface area contributed by atoms with Gasteiger partial charge in [0.1, 0.15) is 17.5 Å². The number of primary amides is 1. The summed E-state index contributed by atoms with van der Waals surface area (Å²) in [6.45, 7) is 5.45. The number of hydrogen-bond donors (Lipinski definition) is 3. The van der Waals surface area contributed by atoms with E-state index >= 15 is 0 Å². The number of unbranched alkanes of at least 4 members (excludes halogenated alkanes) is 1. The molecule has 3 aromatic rings. The van der Waals surface area contributed by atoms with Crippen molar-refractivity contribution in [3.05, 3.63) is 83.4 Å². The Balaban J connectivity index is 1.64. The van der Waals surface area contributed by atoms with Crippen LogP contribution in [0, 0.1) is 18.8 Å². The van der Waals surface area contributed by atoms with Crippen LogP contribution < -0.4 is 10.5 Å². The van der Waals surface area contributed by atoms with Crippen molar-refractivity contribution in [2.24, 2.45) is 17.6 Å². The summed E-state index contributed by atoms with van der Waals surface area (Å²) in [6.07, 6.45) is 3.66. The highest BCUT2D eigenvalue weighted by Gasteiger charge is 2.51. The number of nitrogens with one attached hydrogen (secondary N) is 1. The maximum Gasteiger partial charge on any atom is 0.227 e. The summed E-state index contributed by atoms with van der Waals surface area (Å²) in [5.41, 5.74) is 8.52. The maximum absolute atomic E-state index is 14.1. The van der Waals surface area contributed by atoms with Gasteiger partial charge in [-0.1, -0.05) is 49.7 Å². The lowest BCUT2D eigenvalue weighted by Gasteiger charge is -2.51. The highest BCUT2D eigenvalue weighted by Crippen LogP contribution is 2.40. The molecule has 1 aliphatic heterocycles. The van der Waals surface area contributed by atoms with E-state index in [1.165, 1.54) is 12.5 Å². The zero-order valence-electron chi connectivity index (χ0n) is 22.8. The molecule has 1 fully saturated rings. The number of nitrogens with zero attached hydrogens (tertiary/aromatic N) is 2. The predicted molar refractivity (Wildman–Crippen MR) is 147 cm³/mol. The fourth-order valence-electron chi connectivity index (χ4n) is 5.38. The van der Waals surface area contributed by atoms with Crippen molar-refractivity contribution in [2.75, 3.05) is 26.8 Å². The van der Waals surface area contributed by atoms with Crippen molar-refractivity contribution in [3.63, 3.8) is 0 Å². The van der Waals surface area contributed by atoms with Gasteiger partial charge in [-0.15, -0.1) is 0 Å². The minimum Gasteiger partial charge on any atom is -0.497 e. The number of nitrogens with two attached hydrogens (primary N) is 1. The minimum atomic E-state index is -1.32. The molecule has 2 amide bonds. The van der Waals surface area contributed by atoms with Gasteiger partial charge in [-0.2, -0.15) is 0 Å². The lowest BCUT2D eigenvalue weighted by atomic mass is 9.77. The van der Waals surface area contributed by atoms with Crippen LogP contribution in [0.15, 0.2) is 61.1 Å². The molecule has 0 radical (unpaired) electrons. The molecule has 9 heteroatoms. The molecule has 4 rings (SSSR count). The third-order valence-corrected chi connectivity index (χ3v) is 7.59. The fourth-order valence-corrected chi connectivity index (χ4v) is 5.38. The van der Waals surface area contributed by atoms with E-state index in [1.807, 2.05) is 43.3 Å². The van der Waals surface area contributed by atoms with Gasteiger partial charge < -0.3 is 30.2 Å². The number of H-pyrrole nitrogens is 1. The number of aliphatic hydroxyl groups is 1. The van der Waals surface area contributed by atoms with E-state index in [-0.39, 0.29) is 12.3 Å². The van der Waals surface area contributed by atoms with Crippen LogP contribution in [0.4, 0.5) is 0 Å². The first kappa shape index (κ1) is 28.3. The third-order valence-electron chi connectivity index (χ3n) is 7.59. The summed E-state index contributed by atoms with van der Waals surface area (Å²) in [5.74, 6) is -2.40. The summed E-state index contributed by atoms with van der Waals surface area (Å²) >= 11 is 0. The summed E-state index contributed by atoms with van der Waals surface area (Å²) < 4.78 is 11.7. The SMILES string of the molecule is CCCCOC1(c2ccccc2C)CN(C(=O)[C@H](Cc2ccc(OC)cc2)C(C(N)=O)C(O)c2cnc[nH]2)C1. The number of aliphatic hydroxyl groups excluding tert-OH is 1. The number of carbonyl (C=O) groups is 2. The van der Waals surface area contributed by atoms with Crippen molar-refractivity contribution in [2.45, 2.75) is 44.8 Å². The number of rotatable bonds is 13. The number of aryl methyl sites for hydroxylation is 1. The van der Waals surface area contributed by atoms with Crippen molar-refractivity contribution in [1.82, 2.24) is 14.9 Å². The van der Waals surface area contributed by atoms with Crippen LogP contribution in [0.1, 0.15) is 48.3 Å². The van der Waals surface area contributed by atoms with E-state index in [0.29, 0.717) is 31.1 Å². The number of imidazole rings is 1. The average molecular weight is 535 g/mol. The van der Waals surface area contributed by atoms with E-state index in [1.54, 1.807) is 24.1 Å². The van der Waals surface area contributed by atoms with Crippen molar-refractivity contribution in [3.8, 4) is 5.75 Å². The Kier molecular flexibility index (Phi) is 9.04. The molecule has 39 heavy (non-hydrogen) atoms. The van der Waals surface area contributed by atoms with Gasteiger partial charge in [0.15, 0.2) is 0 Å². The molecular weight excluding hydrogens is 496 g/mol. The van der Waals surface area contributed by atoms with Gasteiger partial charge in [0, 0.05) is 6.61 Å². The molecule has 2 aromatic carbocycles. The Morgan fingerprint density at radius 1 is 1.18 bits per heavy atom. The topological polar surface area (TPSA) is 131 Å². The van der Waals surface area contributed by atoms with Gasteiger partial charge in [0.2, 0.25) is 11.8 Å². The first-order valence-electron chi connectivity index (χ1n) is 13.4. The number of methoxy groups -OCH3 is 1. The van der Waals surface area contributed by atoms with Crippen molar-refractivity contribution in [1.29, 1.82) is 0 Å². The lowest BCUT2D eigenvalue weighted by molar-refractivity contribution is -0.180. The second kappa shape index (κ2) is 12.4. The molecule has 9 nitrogen and oxygen atoms in total. The third kappa shape index (κ3) is 6.15. The van der Waals surface area contributed by atoms with Crippen LogP contribution in [0.2, 0.25) is 0 Å². The van der Waals surface area contributed by atoms with Gasteiger partial charge in [-0.3, -0.25) is 9.59 Å². The molecule has 1 aliphatic rings. The Bertz CT molecular complexity index is 1240. The summed E-state index contributed by atoms with van der Waals surface area (Å²) in [4.78, 5) is 35.4. The molecule has 4 N–H and O–H groups in total. The second-order valence-corrected chi connectivity index (χ2v) is 10.2. The van der Waals surface area contributed by atoms with E-state index < -0.39 is 29.4 Å². The zero-order chi connectivity index (χ0) is 28.0. The number of amides is 2. The molecule has 3 atom stereocenters. The number of benzene rings is 2. The average Bonchev–Trinajstić information content (AvgIpc) is 3.45. The summed E-state index contributed by atoms with van der Waals surface area (Å²) in [6, 6.07) is 15.4. The van der Waals surface area contributed by atoms with E-state index in [2.05, 4.69) is 16.9 Å². The van der Waals surface area contributed by atoms with Crippen molar-refractivity contribution < 1.29 is 24.2 Å². The van der Waals surface area contributed by atoms with Crippen LogP contribution in [0.5, 0.6) is 5.75 Å². The van der Waals surface area contributed by atoms with Crippen LogP contribution in [-0.2, 0) is 26.3 Å². The van der Waals surface area contributed by atoms with E-state index in [9.17, 15) is 14.7 Å². The molecule has 0 aliphatic carbocycles. The minimum absolute atomic E-state index is 0.214. The molecule has 0 saturated carbocycles. The quantitative estimate of drug-likeness (QED) is 0.289. The Hall–Kier alpha value is -3.69. The molecular formula is C30H38N4O5. The Morgan fingerprint density at radius 2 is 1.90 bits per heavy atom. The highest BCUT2D eigenvalue weighted by atomic mass is 16.5. The summed E-state index contributed by atoms with van der Waals surface area (Å²) in [5, 5.41) is 11.2. The van der Waals surface area contributed by atoms with E-state index in [4.69, 9.17) is 15.2 Å². The number of hydrogen-bond acceptors (Lipinski definition) is 6. The summed E-state index contributed by atoms with van der Waals surface area (Å²) in [7, 11) is 1.58. The lowest BCUT2D eigenvalue weighted by Crippen LogP contribution is -2.64. The van der Waals surface area contributed by atoms with Crippen LogP contribution >= 0.6 is 0 Å². The zero-order valence-corrected chi connectivity index (χ0v) is 22.8. The molecule has 0 bridgehead atoms. The normalized spacial score (nSPS) is 16.7. The number of carbonyl (C=O) groups excluding carboxylic acids is 2. The van der Waals surface area contributed by atoms with Crippen LogP contribution in [0.25, 0.3) is 0 Å². The van der Waals surface area contributed by atoms with Crippen molar-refractivity contribution >= 4 is 11.8 Å². The maximum atomic E-state index is 14.1. The standard InChI is InChI=1S/C30H38N4O5/c1-4-5-14-39-30(24-9-7-6-8-20(24)2)17-34(18-30)29(37)23(15-21-10-12-22(38-3)13-11-21)26(28(31)36)27(35)25-16-32-19-33-25/h6-13,16,19,23,26-27,35H,4-5,14-15,17-18H2,1-3H3,(H2,31,36)(H,32,33)/t23-,26?,27?/m1/s1. The first-order chi connectivity index (χ1) is 18.8. The molecule has 2 heterocycles. The smallest absolute Gasteiger partial charge is 0.227 e. The fraction of sp³-hybridized carbons (Fsp3) is 0.433. The van der Waals surface area contributed by atoms with Gasteiger partial charge >= 0.3 is 0 Å². The number of aromatic nitrogens is 2. The van der Waals surface area contributed by atoms with Gasteiger partial charge in [0.05, 0.1) is 50.3 Å². The van der Waals surface area contributed by atoms with Crippen LogP contribution in [-0.4, -0.2) is 58.6 Å². The Morgan fingerprint density at radius 3 is 2.49 bits per heavy atom. The largest absolute Gasteiger partial charge is 0.497 e. The van der Waals surface area contributed by atoms with Gasteiger partial charge in [-0.05, 0) is 48.6 Å². The predicted octanol–water partition coefficient (Wildman–Crippen LogP) is 3.27. The Labute approximate surface area is 229 Å². The first-order valence-corrected chi connectivity index (χ1v) is 13.4. The van der Waals surface area contributed by atoms with Gasteiger partial charge in [0.25, 0.3) is 0 Å². The number of likely N-dealkylation sites (tertiary alicyclic amines) is 1. The highest BCUT2D eigenvalue weighted by molar-refractivity contribution is 5.88. The van der Waals surface area contributed by atoms with Crippen LogP contribution in [0.3, 0.4) is 0 Å². The molecule has 1 aromatic heterocycles. The molecule has 208 valence electrons. The molecule has 0 spiro atoms. The molecule has 2 unspecified atom stereocenters. The molecule has 1 saturated heterocycles. The number of aromatic amines is 1. The second-order valence-electron chi connectivity index (χ2n) is 10.2. The van der Waals surface area contributed by atoms with E-state index in [0.717, 1.165) is 29.5 Å².